The molecule has 2 saturated heterocycles. The molecule has 2 heterocycles. The predicted octanol–water partition coefficient (Wildman–Crippen LogP) is 5.15. The first-order valence-corrected chi connectivity index (χ1v) is 13.8. The SMILES string of the molecule is CC1CC[C@@]2(OC1)OC1CC3C4CC(C)[C@@]5(O)CC(O)CC[C@]5(C)C4CC[C@]3(C)C1[C@@H]2C. The Labute approximate surface area is 194 Å². The number of rotatable bonds is 0. The van der Waals surface area contributed by atoms with Crippen LogP contribution >= 0.6 is 0 Å². The number of aliphatic hydroxyl groups excluding tert-OH is 1. The van der Waals surface area contributed by atoms with Crippen LogP contribution in [0.5, 0.6) is 0 Å². The van der Waals surface area contributed by atoms with Gasteiger partial charge in [-0.1, -0.05) is 34.6 Å². The van der Waals surface area contributed by atoms with E-state index >= 15 is 0 Å². The fourth-order valence-corrected chi connectivity index (χ4v) is 10.7. The summed E-state index contributed by atoms with van der Waals surface area (Å²) in [6.45, 7) is 12.8. The van der Waals surface area contributed by atoms with Crippen LogP contribution < -0.4 is 0 Å². The van der Waals surface area contributed by atoms with E-state index in [1.54, 1.807) is 0 Å². The largest absolute Gasteiger partial charge is 0.393 e. The summed E-state index contributed by atoms with van der Waals surface area (Å²) in [5.41, 5.74) is -0.459. The van der Waals surface area contributed by atoms with E-state index in [1.807, 2.05) is 0 Å². The maximum absolute atomic E-state index is 11.9. The van der Waals surface area contributed by atoms with Crippen molar-refractivity contribution in [2.75, 3.05) is 6.61 Å². The zero-order valence-electron chi connectivity index (χ0n) is 21.0. The fourth-order valence-electron chi connectivity index (χ4n) is 10.7. The van der Waals surface area contributed by atoms with Gasteiger partial charge in [0.25, 0.3) is 0 Å². The first kappa shape index (κ1) is 22.3. The molecule has 0 radical (unpaired) electrons. The van der Waals surface area contributed by atoms with E-state index in [4.69, 9.17) is 9.47 Å². The van der Waals surface area contributed by atoms with Crippen LogP contribution in [-0.4, -0.2) is 40.4 Å². The Kier molecular flexibility index (Phi) is 4.85. The summed E-state index contributed by atoms with van der Waals surface area (Å²) >= 11 is 0. The summed E-state index contributed by atoms with van der Waals surface area (Å²) in [6.07, 6.45) is 9.42. The second-order valence-corrected chi connectivity index (χ2v) is 13.8. The van der Waals surface area contributed by atoms with Gasteiger partial charge in [0.1, 0.15) is 0 Å². The van der Waals surface area contributed by atoms with Crippen molar-refractivity contribution in [2.45, 2.75) is 116 Å². The third-order valence-corrected chi connectivity index (χ3v) is 12.5. The molecule has 32 heavy (non-hydrogen) atoms. The first-order chi connectivity index (χ1) is 15.0. The standard InChI is InChI=1S/C28H46O4/c1-16-6-11-28(31-15-16)18(3)24-23(32-28)13-22-20-12-17(2)27(30)14-19(29)7-10-26(27,5)21(20)8-9-25(22,24)4/h16-24,29-30H,6-15H2,1-5H3/t16?,17?,18-,19?,20?,21?,22?,23?,24?,25-,26+,27-,28+/m0/s1. The monoisotopic (exact) mass is 446 g/mol. The van der Waals surface area contributed by atoms with Gasteiger partial charge in [-0.3, -0.25) is 0 Å². The van der Waals surface area contributed by atoms with Crippen molar-refractivity contribution in [3.05, 3.63) is 0 Å². The lowest BCUT2D eigenvalue weighted by Crippen LogP contribution is -2.66. The summed E-state index contributed by atoms with van der Waals surface area (Å²) in [7, 11) is 0. The minimum Gasteiger partial charge on any atom is -0.393 e. The van der Waals surface area contributed by atoms with Gasteiger partial charge in [-0.25, -0.2) is 0 Å². The Morgan fingerprint density at radius 1 is 0.906 bits per heavy atom. The predicted molar refractivity (Wildman–Crippen MR) is 124 cm³/mol. The van der Waals surface area contributed by atoms with E-state index in [0.717, 1.165) is 32.3 Å². The zero-order valence-corrected chi connectivity index (χ0v) is 21.0. The van der Waals surface area contributed by atoms with E-state index in [0.29, 0.717) is 53.4 Å². The molecular weight excluding hydrogens is 400 g/mol. The molecule has 182 valence electrons. The second kappa shape index (κ2) is 6.95. The van der Waals surface area contributed by atoms with Gasteiger partial charge >= 0.3 is 0 Å². The molecule has 8 unspecified atom stereocenters. The third kappa shape index (κ3) is 2.65. The molecule has 0 aromatic rings. The molecular formula is C28H46O4. The molecule has 2 N–H and O–H groups in total. The van der Waals surface area contributed by atoms with Crippen LogP contribution in [0, 0.1) is 52.3 Å². The molecule has 6 rings (SSSR count). The Balaban J connectivity index is 1.30. The van der Waals surface area contributed by atoms with Crippen molar-refractivity contribution in [1.82, 2.24) is 0 Å². The zero-order chi connectivity index (χ0) is 22.7. The summed E-state index contributed by atoms with van der Waals surface area (Å²) < 4.78 is 13.4. The Bertz CT molecular complexity index is 761. The quantitative estimate of drug-likeness (QED) is 0.540. The summed E-state index contributed by atoms with van der Waals surface area (Å²) in [5, 5.41) is 22.3. The van der Waals surface area contributed by atoms with E-state index in [1.165, 1.54) is 25.7 Å². The number of hydrogen-bond donors (Lipinski definition) is 2. The lowest BCUT2D eigenvalue weighted by molar-refractivity contribution is -0.276. The van der Waals surface area contributed by atoms with Crippen LogP contribution in [0.15, 0.2) is 0 Å². The molecule has 4 aliphatic carbocycles. The highest BCUT2D eigenvalue weighted by Gasteiger charge is 2.71. The molecule has 1 spiro atoms. The van der Waals surface area contributed by atoms with Gasteiger partial charge < -0.3 is 19.7 Å². The average Bonchev–Trinajstić information content (AvgIpc) is 3.18. The molecule has 6 aliphatic rings. The molecule has 13 atom stereocenters. The number of ether oxygens (including phenoxy) is 2. The van der Waals surface area contributed by atoms with E-state index < -0.39 is 5.60 Å². The summed E-state index contributed by atoms with van der Waals surface area (Å²) in [4.78, 5) is 0. The number of hydrogen-bond acceptors (Lipinski definition) is 4. The minimum absolute atomic E-state index is 0.0656. The molecule has 4 saturated carbocycles. The molecule has 0 aromatic heterocycles. The van der Waals surface area contributed by atoms with E-state index in [2.05, 4.69) is 34.6 Å². The van der Waals surface area contributed by atoms with E-state index in [-0.39, 0.29) is 23.2 Å². The van der Waals surface area contributed by atoms with Crippen LogP contribution in [0.2, 0.25) is 0 Å². The summed E-state index contributed by atoms with van der Waals surface area (Å²) in [5.74, 6) is 3.56. The van der Waals surface area contributed by atoms with Gasteiger partial charge in [0.2, 0.25) is 0 Å². The minimum atomic E-state index is -0.714. The van der Waals surface area contributed by atoms with E-state index in [9.17, 15) is 10.2 Å². The maximum atomic E-state index is 11.9. The van der Waals surface area contributed by atoms with Crippen LogP contribution in [0.25, 0.3) is 0 Å². The number of fused-ring (bicyclic) bond motifs is 7. The van der Waals surface area contributed by atoms with Crippen molar-refractivity contribution < 1.29 is 19.7 Å². The van der Waals surface area contributed by atoms with Gasteiger partial charge in [-0.05, 0) is 91.3 Å². The van der Waals surface area contributed by atoms with Gasteiger partial charge in [-0.15, -0.1) is 0 Å². The number of aliphatic hydroxyl groups is 2. The highest BCUT2D eigenvalue weighted by molar-refractivity contribution is 5.19. The highest BCUT2D eigenvalue weighted by atomic mass is 16.7. The first-order valence-electron chi connectivity index (χ1n) is 13.8. The highest BCUT2D eigenvalue weighted by Crippen LogP contribution is 2.72. The topological polar surface area (TPSA) is 58.9 Å². The normalized spacial score (nSPS) is 64.0. The fraction of sp³-hybridized carbons (Fsp3) is 1.00. The lowest BCUT2D eigenvalue weighted by atomic mass is 9.41. The van der Waals surface area contributed by atoms with Crippen LogP contribution in [0.4, 0.5) is 0 Å². The van der Waals surface area contributed by atoms with Crippen molar-refractivity contribution >= 4 is 0 Å². The molecule has 4 heteroatoms. The van der Waals surface area contributed by atoms with Crippen molar-refractivity contribution in [2.24, 2.45) is 52.3 Å². The third-order valence-electron chi connectivity index (χ3n) is 12.5. The van der Waals surface area contributed by atoms with Gasteiger partial charge in [0, 0.05) is 18.8 Å². The Morgan fingerprint density at radius 3 is 2.41 bits per heavy atom. The van der Waals surface area contributed by atoms with Gasteiger partial charge in [0.15, 0.2) is 5.79 Å². The average molecular weight is 447 g/mol. The van der Waals surface area contributed by atoms with Gasteiger partial charge in [-0.2, -0.15) is 0 Å². The molecule has 2 aliphatic heterocycles. The summed E-state index contributed by atoms with van der Waals surface area (Å²) in [6, 6.07) is 0. The van der Waals surface area contributed by atoms with Crippen molar-refractivity contribution in [3.8, 4) is 0 Å². The maximum Gasteiger partial charge on any atom is 0.171 e. The lowest BCUT2D eigenvalue weighted by Gasteiger charge is -2.66. The van der Waals surface area contributed by atoms with Crippen molar-refractivity contribution in [3.63, 3.8) is 0 Å². The molecule has 0 bridgehead atoms. The van der Waals surface area contributed by atoms with Crippen molar-refractivity contribution in [1.29, 1.82) is 0 Å². The molecule has 6 fully saturated rings. The molecule has 4 nitrogen and oxygen atoms in total. The Morgan fingerprint density at radius 2 is 1.69 bits per heavy atom. The molecule has 0 amide bonds. The Hall–Kier alpha value is -0.160. The van der Waals surface area contributed by atoms with Crippen LogP contribution in [-0.2, 0) is 9.47 Å². The van der Waals surface area contributed by atoms with Gasteiger partial charge in [0.05, 0.1) is 24.4 Å². The van der Waals surface area contributed by atoms with Crippen LogP contribution in [0.3, 0.4) is 0 Å². The second-order valence-electron chi connectivity index (χ2n) is 13.8. The molecule has 0 aromatic carbocycles. The smallest absolute Gasteiger partial charge is 0.171 e. The van der Waals surface area contributed by atoms with Crippen LogP contribution in [0.1, 0.15) is 92.4 Å².